The van der Waals surface area contributed by atoms with E-state index < -0.39 is 42.5 Å². The van der Waals surface area contributed by atoms with Crippen molar-refractivity contribution >= 4 is 28.9 Å². The van der Waals surface area contributed by atoms with Crippen LogP contribution < -0.4 is 17.2 Å². The van der Waals surface area contributed by atoms with Crippen molar-refractivity contribution in [2.75, 3.05) is 25.4 Å². The molecule has 1 saturated heterocycles. The van der Waals surface area contributed by atoms with Crippen LogP contribution in [0.3, 0.4) is 0 Å². The van der Waals surface area contributed by atoms with Crippen molar-refractivity contribution in [2.45, 2.75) is 37.0 Å². The number of amides is 1. The number of nitrogen functional groups attached to an aromatic ring is 1. The molecule has 4 rings (SSSR count). The molecule has 0 bridgehead atoms. The number of nitrogens with two attached hydrogens (primary N) is 3. The highest BCUT2D eigenvalue weighted by Gasteiger charge is 2.44. The minimum absolute atomic E-state index is 0.112. The monoisotopic (exact) mass is 524 g/mol. The Morgan fingerprint density at radius 2 is 2.00 bits per heavy atom. The fourth-order valence-corrected chi connectivity index (χ4v) is 4.10. The molecule has 1 amide bonds. The number of fused-ring (bicyclic) bond motifs is 1. The molecule has 9 N–H and O–H groups in total. The second kappa shape index (κ2) is 11.5. The first-order valence-electron chi connectivity index (χ1n) is 11.7. The molecule has 1 aliphatic heterocycles. The average molecular weight is 525 g/mol. The Balaban J connectivity index is 1.50. The second-order valence-corrected chi connectivity index (χ2v) is 8.84. The highest BCUT2D eigenvalue weighted by Crippen LogP contribution is 2.32. The van der Waals surface area contributed by atoms with E-state index in [0.717, 1.165) is 0 Å². The van der Waals surface area contributed by atoms with Gasteiger partial charge in [-0.2, -0.15) is 0 Å². The third-order valence-corrected chi connectivity index (χ3v) is 6.19. The molecule has 14 heteroatoms. The zero-order chi connectivity index (χ0) is 27.4. The first-order chi connectivity index (χ1) is 18.2. The molecule has 3 aromatic rings. The normalized spacial score (nSPS) is 21.8. The maximum Gasteiger partial charge on any atom is 0.320 e. The lowest BCUT2D eigenvalue weighted by Gasteiger charge is -2.25. The van der Waals surface area contributed by atoms with Crippen molar-refractivity contribution in [1.82, 2.24) is 24.4 Å². The summed E-state index contributed by atoms with van der Waals surface area (Å²) in [6.07, 6.45) is -1.66. The predicted molar refractivity (Wildman–Crippen MR) is 134 cm³/mol. The zero-order valence-corrected chi connectivity index (χ0v) is 20.2. The topological polar surface area (TPSA) is 229 Å². The van der Waals surface area contributed by atoms with Gasteiger partial charge in [-0.1, -0.05) is 17.9 Å². The Bertz CT molecular complexity index is 1380. The Morgan fingerprint density at radius 1 is 1.21 bits per heavy atom. The van der Waals surface area contributed by atoms with Gasteiger partial charge < -0.3 is 37.3 Å². The number of primary amides is 1. The molecule has 5 atom stereocenters. The summed E-state index contributed by atoms with van der Waals surface area (Å²) in [6.45, 7) is 0.508. The fourth-order valence-electron chi connectivity index (χ4n) is 4.10. The molecular weight excluding hydrogens is 496 g/mol. The van der Waals surface area contributed by atoms with Gasteiger partial charge in [0.2, 0.25) is 5.91 Å². The molecule has 4 unspecified atom stereocenters. The van der Waals surface area contributed by atoms with E-state index in [0.29, 0.717) is 22.3 Å². The van der Waals surface area contributed by atoms with E-state index in [1.54, 1.807) is 29.2 Å². The first-order valence-corrected chi connectivity index (χ1v) is 11.7. The lowest BCUT2D eigenvalue weighted by atomic mass is 10.1. The fraction of sp³-hybridized carbons (Fsp3) is 0.375. The number of ether oxygens (including phenoxy) is 1. The third kappa shape index (κ3) is 5.88. The molecule has 38 heavy (non-hydrogen) atoms. The number of aliphatic hydroxyl groups is 2. The maximum absolute atomic E-state index is 11.4. The number of aromatic nitrogens is 4. The van der Waals surface area contributed by atoms with Crippen LogP contribution in [-0.4, -0.2) is 95.6 Å². The summed E-state index contributed by atoms with van der Waals surface area (Å²) >= 11 is 0. The summed E-state index contributed by atoms with van der Waals surface area (Å²) in [5.41, 5.74) is 18.4. The summed E-state index contributed by atoms with van der Waals surface area (Å²) in [5.74, 6) is 4.38. The van der Waals surface area contributed by atoms with Crippen LogP contribution in [0.25, 0.3) is 11.2 Å². The highest BCUT2D eigenvalue weighted by molar-refractivity contribution is 5.93. The van der Waals surface area contributed by atoms with Crippen LogP contribution in [0.5, 0.6) is 0 Å². The van der Waals surface area contributed by atoms with Crippen molar-refractivity contribution < 1.29 is 29.6 Å². The second-order valence-electron chi connectivity index (χ2n) is 8.84. The lowest BCUT2D eigenvalue weighted by Crippen LogP contribution is -2.42. The van der Waals surface area contributed by atoms with Gasteiger partial charge in [-0.25, -0.2) is 15.0 Å². The minimum atomic E-state index is -1.31. The van der Waals surface area contributed by atoms with E-state index in [1.807, 2.05) is 0 Å². The lowest BCUT2D eigenvalue weighted by molar-refractivity contribution is -0.138. The Hall–Kier alpha value is -4.13. The highest BCUT2D eigenvalue weighted by atomic mass is 16.6. The number of nitrogens with zero attached hydrogens (tertiary/aromatic N) is 5. The van der Waals surface area contributed by atoms with E-state index in [4.69, 9.17) is 27.0 Å². The maximum atomic E-state index is 11.4. The Kier molecular flexibility index (Phi) is 8.15. The number of imidazole rings is 1. The van der Waals surface area contributed by atoms with Gasteiger partial charge >= 0.3 is 5.97 Å². The predicted octanol–water partition coefficient (Wildman–Crippen LogP) is -1.72. The molecule has 0 aliphatic carbocycles. The minimum Gasteiger partial charge on any atom is -0.480 e. The number of carbonyl (C=O) groups excluding carboxylic acids is 1. The number of carboxylic acids is 1. The molecule has 1 fully saturated rings. The molecule has 14 nitrogen and oxygen atoms in total. The van der Waals surface area contributed by atoms with Crippen molar-refractivity contribution in [3.05, 3.63) is 48.0 Å². The number of carbonyl (C=O) groups is 2. The average Bonchev–Trinajstić information content (AvgIpc) is 3.44. The van der Waals surface area contributed by atoms with E-state index in [2.05, 4.69) is 26.8 Å². The van der Waals surface area contributed by atoms with Gasteiger partial charge in [0.05, 0.1) is 12.9 Å². The van der Waals surface area contributed by atoms with E-state index >= 15 is 0 Å². The van der Waals surface area contributed by atoms with E-state index in [-0.39, 0.29) is 31.9 Å². The molecule has 3 heterocycles. The molecule has 2 aromatic heterocycles. The van der Waals surface area contributed by atoms with Gasteiger partial charge in [0, 0.05) is 24.2 Å². The number of benzene rings is 1. The molecule has 0 saturated carbocycles. The number of carboxylic acid groups (broad SMARTS) is 1. The molecule has 1 aliphatic rings. The van der Waals surface area contributed by atoms with Crippen LogP contribution in [-0.2, 0) is 9.53 Å². The number of hydrogen-bond donors (Lipinski definition) is 6. The summed E-state index contributed by atoms with van der Waals surface area (Å²) in [7, 11) is 0. The number of aliphatic carboxylic acids is 1. The van der Waals surface area contributed by atoms with Crippen LogP contribution in [0.2, 0.25) is 0 Å². The van der Waals surface area contributed by atoms with Crippen LogP contribution >= 0.6 is 0 Å². The van der Waals surface area contributed by atoms with Crippen LogP contribution in [0.4, 0.5) is 5.82 Å². The summed E-state index contributed by atoms with van der Waals surface area (Å²) in [6, 6.07) is 5.44. The van der Waals surface area contributed by atoms with Crippen LogP contribution in [0.15, 0.2) is 36.9 Å². The number of rotatable bonds is 9. The van der Waals surface area contributed by atoms with Gasteiger partial charge in [0.1, 0.15) is 36.2 Å². The number of aliphatic hydroxyl groups excluding tert-OH is 2. The zero-order valence-electron chi connectivity index (χ0n) is 20.2. The molecule has 0 spiro atoms. The Labute approximate surface area is 217 Å². The molecule has 0 radical (unpaired) electrons. The standard InChI is InChI=1S/C24H28N8O6/c25-15(24(36)37)6-8-31(7-2-4-13-3-1-5-14(9-13)21(27)35)10-16-18(33)19(34)23(38-16)32-12-30-17-20(26)28-11-29-22(17)32/h1,3,5,9,11-12,15-16,18-19,23,33-34H,6-8,10,25H2,(H2,27,35)(H,36,37)(H2,26,28,29)/t15-,16?,18?,19?,23?/m0/s1. The first kappa shape index (κ1) is 26.9. The van der Waals surface area contributed by atoms with Crippen LogP contribution in [0.1, 0.15) is 28.6 Å². The quantitative estimate of drug-likeness (QED) is 0.172. The third-order valence-electron chi connectivity index (χ3n) is 6.19. The largest absolute Gasteiger partial charge is 0.480 e. The SMILES string of the molecule is NC(=O)c1cccc(C#CCN(CC[C@H](N)C(=O)O)CC2OC(n3cnc4c(N)ncnc43)C(O)C2O)c1. The van der Waals surface area contributed by atoms with Gasteiger partial charge in [-0.05, 0) is 24.6 Å². The van der Waals surface area contributed by atoms with E-state index in [1.165, 1.54) is 17.2 Å². The molecule has 1 aromatic carbocycles. The molecular formula is C24H28N8O6. The summed E-state index contributed by atoms with van der Waals surface area (Å²) in [4.78, 5) is 36.6. The van der Waals surface area contributed by atoms with Crippen molar-refractivity contribution in [3.63, 3.8) is 0 Å². The van der Waals surface area contributed by atoms with Crippen LogP contribution in [0, 0.1) is 11.8 Å². The van der Waals surface area contributed by atoms with Gasteiger partial charge in [-0.15, -0.1) is 0 Å². The Morgan fingerprint density at radius 3 is 2.74 bits per heavy atom. The van der Waals surface area contributed by atoms with Crippen molar-refractivity contribution in [3.8, 4) is 11.8 Å². The van der Waals surface area contributed by atoms with Gasteiger partial charge in [0.25, 0.3) is 0 Å². The summed E-state index contributed by atoms with van der Waals surface area (Å²) in [5, 5.41) is 30.7. The van der Waals surface area contributed by atoms with Crippen molar-refractivity contribution in [1.29, 1.82) is 0 Å². The molecule has 200 valence electrons. The van der Waals surface area contributed by atoms with Crippen molar-refractivity contribution in [2.24, 2.45) is 11.5 Å². The number of hydrogen-bond acceptors (Lipinski definition) is 11. The number of anilines is 1. The van der Waals surface area contributed by atoms with Gasteiger partial charge in [-0.3, -0.25) is 19.1 Å². The van der Waals surface area contributed by atoms with Gasteiger partial charge in [0.15, 0.2) is 17.7 Å². The smallest absolute Gasteiger partial charge is 0.320 e. The van der Waals surface area contributed by atoms with E-state index in [9.17, 15) is 19.8 Å². The summed E-state index contributed by atoms with van der Waals surface area (Å²) < 4.78 is 7.47.